The summed E-state index contributed by atoms with van der Waals surface area (Å²) in [7, 11) is 1.68. The summed E-state index contributed by atoms with van der Waals surface area (Å²) in [5.74, 6) is 1.36. The summed E-state index contributed by atoms with van der Waals surface area (Å²) >= 11 is 0. The van der Waals surface area contributed by atoms with E-state index < -0.39 is 5.60 Å². The average Bonchev–Trinajstić information content (AvgIpc) is 2.74. The molecule has 6 nitrogen and oxygen atoms in total. The molecule has 0 spiro atoms. The van der Waals surface area contributed by atoms with E-state index in [0.717, 1.165) is 25.5 Å². The van der Waals surface area contributed by atoms with Gasteiger partial charge in [0.1, 0.15) is 12.2 Å². The molecule has 0 bridgehead atoms. The van der Waals surface area contributed by atoms with Gasteiger partial charge in [-0.3, -0.25) is 0 Å². The van der Waals surface area contributed by atoms with Gasteiger partial charge < -0.3 is 15.2 Å². The van der Waals surface area contributed by atoms with Gasteiger partial charge in [-0.25, -0.2) is 9.67 Å². The second kappa shape index (κ2) is 8.34. The molecule has 0 fully saturated rings. The molecule has 1 aromatic heterocycles. The Morgan fingerprint density at radius 3 is 2.85 bits per heavy atom. The zero-order chi connectivity index (χ0) is 15.0. The number of hydrogen-bond donors (Lipinski definition) is 2. The van der Waals surface area contributed by atoms with E-state index in [4.69, 9.17) is 4.74 Å². The summed E-state index contributed by atoms with van der Waals surface area (Å²) in [5, 5.41) is 17.9. The van der Waals surface area contributed by atoms with Crippen LogP contribution in [0.3, 0.4) is 0 Å². The standard InChI is InChI=1S/C14H28N4O2/c1-12(2)10-18-13(16-11-17-18)9-14(3,19)5-6-15-7-8-20-4/h11-12,15,19H,5-10H2,1-4H3. The maximum absolute atomic E-state index is 10.4. The van der Waals surface area contributed by atoms with Gasteiger partial charge in [-0.2, -0.15) is 5.10 Å². The SMILES string of the molecule is COCCNCCC(C)(O)Cc1ncnn1CC(C)C. The van der Waals surface area contributed by atoms with Gasteiger partial charge in [-0.15, -0.1) is 0 Å². The van der Waals surface area contributed by atoms with Crippen LogP contribution in [0.15, 0.2) is 6.33 Å². The Balaban J connectivity index is 2.43. The first-order valence-corrected chi connectivity index (χ1v) is 7.23. The average molecular weight is 284 g/mol. The Hall–Kier alpha value is -0.980. The van der Waals surface area contributed by atoms with E-state index in [-0.39, 0.29) is 0 Å². The van der Waals surface area contributed by atoms with Crippen LogP contribution in [-0.2, 0) is 17.7 Å². The normalized spacial score (nSPS) is 14.7. The van der Waals surface area contributed by atoms with E-state index in [1.807, 2.05) is 11.6 Å². The van der Waals surface area contributed by atoms with Crippen molar-refractivity contribution in [2.75, 3.05) is 26.8 Å². The van der Waals surface area contributed by atoms with Crippen molar-refractivity contribution in [1.29, 1.82) is 0 Å². The summed E-state index contributed by atoms with van der Waals surface area (Å²) in [4.78, 5) is 4.26. The Labute approximate surface area is 121 Å². The molecule has 0 saturated heterocycles. The van der Waals surface area contributed by atoms with Crippen LogP contribution in [0.4, 0.5) is 0 Å². The summed E-state index contributed by atoms with van der Waals surface area (Å²) in [5.41, 5.74) is -0.776. The quantitative estimate of drug-likeness (QED) is 0.623. The van der Waals surface area contributed by atoms with Crippen molar-refractivity contribution >= 4 is 0 Å². The van der Waals surface area contributed by atoms with Crippen molar-refractivity contribution in [2.45, 2.75) is 45.8 Å². The van der Waals surface area contributed by atoms with Gasteiger partial charge >= 0.3 is 0 Å². The zero-order valence-electron chi connectivity index (χ0n) is 13.1. The molecule has 0 aliphatic heterocycles. The topological polar surface area (TPSA) is 72.2 Å². The predicted octanol–water partition coefficient (Wildman–Crippen LogP) is 0.854. The largest absolute Gasteiger partial charge is 0.390 e. The molecule has 20 heavy (non-hydrogen) atoms. The minimum atomic E-state index is -0.776. The number of ether oxygens (including phenoxy) is 1. The molecule has 1 unspecified atom stereocenters. The van der Waals surface area contributed by atoms with Crippen LogP contribution < -0.4 is 5.32 Å². The lowest BCUT2D eigenvalue weighted by molar-refractivity contribution is 0.0477. The number of rotatable bonds is 10. The fourth-order valence-corrected chi connectivity index (χ4v) is 2.01. The fraction of sp³-hybridized carbons (Fsp3) is 0.857. The molecule has 0 aliphatic carbocycles. The third-order valence-corrected chi connectivity index (χ3v) is 3.10. The lowest BCUT2D eigenvalue weighted by Crippen LogP contribution is -2.34. The Bertz CT molecular complexity index is 377. The first kappa shape index (κ1) is 17.1. The molecule has 1 atom stereocenters. The molecule has 0 radical (unpaired) electrons. The van der Waals surface area contributed by atoms with Crippen molar-refractivity contribution in [3.8, 4) is 0 Å². The van der Waals surface area contributed by atoms with Crippen LogP contribution in [0.2, 0.25) is 0 Å². The number of nitrogens with zero attached hydrogens (tertiary/aromatic N) is 3. The van der Waals surface area contributed by atoms with Crippen molar-refractivity contribution in [3.05, 3.63) is 12.2 Å². The minimum absolute atomic E-state index is 0.510. The van der Waals surface area contributed by atoms with Gasteiger partial charge in [0.15, 0.2) is 0 Å². The summed E-state index contributed by atoms with van der Waals surface area (Å²) in [6, 6.07) is 0. The number of aromatic nitrogens is 3. The van der Waals surface area contributed by atoms with Crippen LogP contribution in [-0.4, -0.2) is 52.3 Å². The lowest BCUT2D eigenvalue weighted by atomic mass is 9.97. The van der Waals surface area contributed by atoms with Crippen LogP contribution in [0.5, 0.6) is 0 Å². The first-order chi connectivity index (χ1) is 9.44. The highest BCUT2D eigenvalue weighted by atomic mass is 16.5. The Morgan fingerprint density at radius 1 is 1.45 bits per heavy atom. The number of methoxy groups -OCH3 is 1. The fourth-order valence-electron chi connectivity index (χ4n) is 2.01. The van der Waals surface area contributed by atoms with E-state index in [2.05, 4.69) is 29.2 Å². The molecule has 0 aliphatic rings. The Morgan fingerprint density at radius 2 is 2.20 bits per heavy atom. The van der Waals surface area contributed by atoms with Crippen molar-refractivity contribution < 1.29 is 9.84 Å². The second-order valence-electron chi connectivity index (χ2n) is 5.92. The predicted molar refractivity (Wildman–Crippen MR) is 78.6 cm³/mol. The third kappa shape index (κ3) is 6.45. The highest BCUT2D eigenvalue weighted by Gasteiger charge is 2.23. The maximum atomic E-state index is 10.4. The van der Waals surface area contributed by atoms with Crippen molar-refractivity contribution in [1.82, 2.24) is 20.1 Å². The molecule has 0 saturated carbocycles. The number of nitrogens with one attached hydrogen (secondary N) is 1. The van der Waals surface area contributed by atoms with Gasteiger partial charge in [0, 0.05) is 26.6 Å². The lowest BCUT2D eigenvalue weighted by Gasteiger charge is -2.23. The van der Waals surface area contributed by atoms with Gasteiger partial charge in [0.05, 0.1) is 12.2 Å². The van der Waals surface area contributed by atoms with E-state index >= 15 is 0 Å². The van der Waals surface area contributed by atoms with Crippen LogP contribution >= 0.6 is 0 Å². The monoisotopic (exact) mass is 284 g/mol. The molecule has 116 valence electrons. The minimum Gasteiger partial charge on any atom is -0.390 e. The third-order valence-electron chi connectivity index (χ3n) is 3.10. The molecule has 0 aromatic carbocycles. The van der Waals surface area contributed by atoms with Crippen LogP contribution in [0.25, 0.3) is 0 Å². The van der Waals surface area contributed by atoms with Crippen LogP contribution in [0, 0.1) is 5.92 Å². The molecule has 1 rings (SSSR count). The first-order valence-electron chi connectivity index (χ1n) is 7.23. The molecule has 0 amide bonds. The highest BCUT2D eigenvalue weighted by Crippen LogP contribution is 2.15. The van der Waals surface area contributed by atoms with Gasteiger partial charge in [0.2, 0.25) is 0 Å². The van der Waals surface area contributed by atoms with Crippen molar-refractivity contribution in [2.24, 2.45) is 5.92 Å². The summed E-state index contributed by atoms with van der Waals surface area (Å²) < 4.78 is 6.85. The molecule has 2 N–H and O–H groups in total. The number of aliphatic hydroxyl groups is 1. The van der Waals surface area contributed by atoms with Gasteiger partial charge in [-0.1, -0.05) is 13.8 Å². The van der Waals surface area contributed by atoms with Crippen LogP contribution in [0.1, 0.15) is 33.0 Å². The summed E-state index contributed by atoms with van der Waals surface area (Å²) in [6.45, 7) is 9.21. The second-order valence-corrected chi connectivity index (χ2v) is 5.92. The maximum Gasteiger partial charge on any atom is 0.138 e. The van der Waals surface area contributed by atoms with E-state index in [0.29, 0.717) is 25.4 Å². The summed E-state index contributed by atoms with van der Waals surface area (Å²) in [6.07, 6.45) is 2.75. The zero-order valence-corrected chi connectivity index (χ0v) is 13.1. The Kier molecular flexibility index (Phi) is 7.12. The smallest absolute Gasteiger partial charge is 0.138 e. The van der Waals surface area contributed by atoms with E-state index in [1.165, 1.54) is 0 Å². The molecule has 6 heteroatoms. The van der Waals surface area contributed by atoms with E-state index in [1.54, 1.807) is 13.4 Å². The molecular formula is C14H28N4O2. The molecule has 1 aromatic rings. The molecular weight excluding hydrogens is 256 g/mol. The van der Waals surface area contributed by atoms with Gasteiger partial charge in [-0.05, 0) is 25.8 Å². The van der Waals surface area contributed by atoms with E-state index in [9.17, 15) is 5.11 Å². The molecule has 1 heterocycles. The number of hydrogen-bond acceptors (Lipinski definition) is 5. The highest BCUT2D eigenvalue weighted by molar-refractivity contribution is 4.93. The van der Waals surface area contributed by atoms with Crippen molar-refractivity contribution in [3.63, 3.8) is 0 Å². The van der Waals surface area contributed by atoms with Gasteiger partial charge in [0.25, 0.3) is 0 Å².